The third kappa shape index (κ3) is 7.76. The highest BCUT2D eigenvalue weighted by molar-refractivity contribution is 7.86. The summed E-state index contributed by atoms with van der Waals surface area (Å²) in [5.41, 5.74) is 3.24. The lowest BCUT2D eigenvalue weighted by Crippen LogP contribution is -2.23. The van der Waals surface area contributed by atoms with Crippen LogP contribution in [0.25, 0.3) is 10.8 Å². The summed E-state index contributed by atoms with van der Waals surface area (Å²) in [6.45, 7) is 2.84. The van der Waals surface area contributed by atoms with Gasteiger partial charge in [-0.25, -0.2) is 4.79 Å². The smallest absolute Gasteiger partial charge is 0.332 e. The van der Waals surface area contributed by atoms with Gasteiger partial charge < -0.3 is 19.3 Å². The summed E-state index contributed by atoms with van der Waals surface area (Å²) >= 11 is 0. The zero-order valence-corrected chi connectivity index (χ0v) is 19.6. The Kier molecular flexibility index (Phi) is 8.30. The highest BCUT2D eigenvalue weighted by atomic mass is 32.2. The summed E-state index contributed by atoms with van der Waals surface area (Å²) in [6.07, 6.45) is 2.32. The summed E-state index contributed by atoms with van der Waals surface area (Å²) in [5, 5.41) is 14.4. The van der Waals surface area contributed by atoms with Crippen LogP contribution < -0.4 is 9.50 Å². The lowest BCUT2D eigenvalue weighted by Gasteiger charge is -2.12. The van der Waals surface area contributed by atoms with E-state index < -0.39 is 22.2 Å². The maximum atomic E-state index is 11.3. The molecule has 0 aliphatic carbocycles. The second-order valence-corrected chi connectivity index (χ2v) is 9.43. The third-order valence-corrected chi connectivity index (χ3v) is 5.64. The zero-order chi connectivity index (χ0) is 23.8. The van der Waals surface area contributed by atoms with E-state index in [2.05, 4.69) is 11.4 Å². The number of aryl methyl sites for hydroxylation is 1. The van der Waals surface area contributed by atoms with Gasteiger partial charge in [0.15, 0.2) is 6.10 Å². The van der Waals surface area contributed by atoms with Gasteiger partial charge in [0.2, 0.25) is 0 Å². The molecule has 1 atom stereocenters. The third-order valence-electron chi connectivity index (χ3n) is 5.15. The molecular weight excluding hydrogens is 442 g/mol. The predicted molar refractivity (Wildman–Crippen MR) is 129 cm³/mol. The molecule has 0 radical (unpaired) electrons. The molecule has 0 aliphatic rings. The van der Waals surface area contributed by atoms with Crippen LogP contribution in [0.2, 0.25) is 0 Å². The lowest BCUT2D eigenvalue weighted by molar-refractivity contribution is -0.150. The van der Waals surface area contributed by atoms with E-state index in [4.69, 9.17) is 14.0 Å². The molecule has 33 heavy (non-hydrogen) atoms. The van der Waals surface area contributed by atoms with Crippen LogP contribution in [0.3, 0.4) is 0 Å². The summed E-state index contributed by atoms with van der Waals surface area (Å²) in [5.74, 6) is -0.611. The first kappa shape index (κ1) is 24.5. The van der Waals surface area contributed by atoms with Gasteiger partial charge >= 0.3 is 16.1 Å². The molecule has 0 spiro atoms. The Morgan fingerprint density at radius 3 is 2.33 bits per heavy atom. The summed E-state index contributed by atoms with van der Waals surface area (Å²) in [6, 6.07) is 19.3. The number of fused-ring (bicyclic) bond motifs is 1. The normalized spacial score (nSPS) is 12.4. The standard InChI is InChI=1S/C25H29NO6S/c1-3-31-24(25(27)28)6-4-5-18-8-12-22(13-9-18)26-17-19-7-10-21-16-23(32-33(2,29)30)14-11-20(21)15-19/h7-16,24,26H,3-6,17H2,1-2H3,(H,27,28). The minimum atomic E-state index is -3.55. The van der Waals surface area contributed by atoms with Crippen molar-refractivity contribution < 1.29 is 27.2 Å². The highest BCUT2D eigenvalue weighted by Crippen LogP contribution is 2.23. The van der Waals surface area contributed by atoms with Crippen LogP contribution in [0.4, 0.5) is 5.69 Å². The van der Waals surface area contributed by atoms with E-state index in [9.17, 15) is 13.2 Å². The van der Waals surface area contributed by atoms with Gasteiger partial charge in [0.25, 0.3) is 0 Å². The van der Waals surface area contributed by atoms with Crippen LogP contribution in [-0.4, -0.2) is 38.5 Å². The van der Waals surface area contributed by atoms with Gasteiger partial charge in [-0.05, 0) is 78.4 Å². The topological polar surface area (TPSA) is 102 Å². The minimum absolute atomic E-state index is 0.298. The largest absolute Gasteiger partial charge is 0.479 e. The Labute approximate surface area is 194 Å². The van der Waals surface area contributed by atoms with E-state index in [-0.39, 0.29) is 0 Å². The number of carboxylic acid groups (broad SMARTS) is 1. The molecule has 0 aliphatic heterocycles. The fraction of sp³-hybridized carbons (Fsp3) is 0.320. The van der Waals surface area contributed by atoms with Crippen molar-refractivity contribution in [2.75, 3.05) is 18.2 Å². The molecular formula is C25H29NO6S. The SMILES string of the molecule is CCOC(CCCc1ccc(NCc2ccc3cc(OS(C)(=O)=O)ccc3c2)cc1)C(=O)O. The predicted octanol–water partition coefficient (Wildman–Crippen LogP) is 4.60. The second kappa shape index (κ2) is 11.2. The lowest BCUT2D eigenvalue weighted by atomic mass is 10.0. The molecule has 0 aromatic heterocycles. The number of benzene rings is 3. The number of hydrogen-bond donors (Lipinski definition) is 2. The van der Waals surface area contributed by atoms with Gasteiger partial charge in [0.05, 0.1) is 6.26 Å². The summed E-state index contributed by atoms with van der Waals surface area (Å²) in [7, 11) is -3.55. The van der Waals surface area contributed by atoms with Crippen LogP contribution in [0.15, 0.2) is 60.7 Å². The molecule has 7 nitrogen and oxygen atoms in total. The quantitative estimate of drug-likeness (QED) is 0.372. The van der Waals surface area contributed by atoms with Gasteiger partial charge in [-0.3, -0.25) is 0 Å². The van der Waals surface area contributed by atoms with Crippen LogP contribution in [-0.2, 0) is 32.6 Å². The number of carboxylic acids is 1. The van der Waals surface area contributed by atoms with Crippen molar-refractivity contribution in [3.05, 3.63) is 71.8 Å². The molecule has 3 rings (SSSR count). The second-order valence-electron chi connectivity index (χ2n) is 7.86. The van der Waals surface area contributed by atoms with E-state index >= 15 is 0 Å². The van der Waals surface area contributed by atoms with Crippen LogP contribution >= 0.6 is 0 Å². The Hall–Kier alpha value is -3.10. The van der Waals surface area contributed by atoms with E-state index in [0.717, 1.165) is 46.7 Å². The van der Waals surface area contributed by atoms with Gasteiger partial charge in [0, 0.05) is 18.8 Å². The van der Waals surface area contributed by atoms with Gasteiger partial charge in [-0.15, -0.1) is 0 Å². The van der Waals surface area contributed by atoms with Crippen molar-refractivity contribution in [2.45, 2.75) is 38.8 Å². The average molecular weight is 472 g/mol. The molecule has 2 N–H and O–H groups in total. The number of nitrogens with one attached hydrogen (secondary N) is 1. The first-order valence-corrected chi connectivity index (χ1v) is 12.6. The molecule has 0 saturated heterocycles. The van der Waals surface area contributed by atoms with E-state index in [1.165, 1.54) is 0 Å². The maximum absolute atomic E-state index is 11.3. The van der Waals surface area contributed by atoms with Crippen molar-refractivity contribution in [2.24, 2.45) is 0 Å². The molecule has 0 saturated carbocycles. The zero-order valence-electron chi connectivity index (χ0n) is 18.8. The highest BCUT2D eigenvalue weighted by Gasteiger charge is 2.16. The van der Waals surface area contributed by atoms with Crippen molar-refractivity contribution in [1.29, 1.82) is 0 Å². The number of aliphatic carboxylic acids is 1. The molecule has 0 amide bonds. The summed E-state index contributed by atoms with van der Waals surface area (Å²) < 4.78 is 32.8. The van der Waals surface area contributed by atoms with Crippen molar-refractivity contribution in [3.8, 4) is 5.75 Å². The first-order valence-electron chi connectivity index (χ1n) is 10.8. The fourth-order valence-corrected chi connectivity index (χ4v) is 4.03. The molecule has 0 heterocycles. The van der Waals surface area contributed by atoms with E-state index in [1.54, 1.807) is 19.1 Å². The molecule has 3 aromatic rings. The molecule has 8 heteroatoms. The number of ether oxygens (including phenoxy) is 1. The van der Waals surface area contributed by atoms with E-state index in [1.807, 2.05) is 42.5 Å². The Morgan fingerprint density at radius 1 is 1.00 bits per heavy atom. The molecule has 3 aromatic carbocycles. The van der Waals surface area contributed by atoms with E-state index in [0.29, 0.717) is 25.3 Å². The Morgan fingerprint density at radius 2 is 1.67 bits per heavy atom. The number of carbonyl (C=O) groups is 1. The summed E-state index contributed by atoms with van der Waals surface area (Å²) in [4.78, 5) is 11.1. The first-order chi connectivity index (χ1) is 15.7. The fourth-order valence-electron chi connectivity index (χ4n) is 3.57. The maximum Gasteiger partial charge on any atom is 0.332 e. The Bertz CT molecular complexity index is 1190. The molecule has 0 fully saturated rings. The van der Waals surface area contributed by atoms with Gasteiger partial charge in [0.1, 0.15) is 5.75 Å². The van der Waals surface area contributed by atoms with Crippen molar-refractivity contribution in [1.82, 2.24) is 0 Å². The average Bonchev–Trinajstić information content (AvgIpc) is 2.76. The van der Waals surface area contributed by atoms with Crippen LogP contribution in [0.5, 0.6) is 5.75 Å². The van der Waals surface area contributed by atoms with Crippen LogP contribution in [0.1, 0.15) is 30.9 Å². The van der Waals surface area contributed by atoms with Gasteiger partial charge in [-0.1, -0.05) is 30.3 Å². The minimum Gasteiger partial charge on any atom is -0.479 e. The molecule has 1 unspecified atom stereocenters. The van der Waals surface area contributed by atoms with Gasteiger partial charge in [-0.2, -0.15) is 8.42 Å². The number of anilines is 1. The molecule has 176 valence electrons. The van der Waals surface area contributed by atoms with Crippen molar-refractivity contribution >= 4 is 32.5 Å². The number of hydrogen-bond acceptors (Lipinski definition) is 6. The number of rotatable bonds is 12. The van der Waals surface area contributed by atoms with Crippen LogP contribution in [0, 0.1) is 0 Å². The Balaban J connectivity index is 1.53. The monoisotopic (exact) mass is 471 g/mol. The molecule has 0 bridgehead atoms. The van der Waals surface area contributed by atoms with Crippen molar-refractivity contribution in [3.63, 3.8) is 0 Å².